The highest BCUT2D eigenvalue weighted by Gasteiger charge is 2.38. The molecule has 0 aliphatic carbocycles. The lowest BCUT2D eigenvalue weighted by Crippen LogP contribution is -2.61. The van der Waals surface area contributed by atoms with Crippen molar-refractivity contribution < 1.29 is 24.2 Å². The summed E-state index contributed by atoms with van der Waals surface area (Å²) in [5, 5.41) is 22.0. The Morgan fingerprint density at radius 2 is 1.71 bits per heavy atom. The highest BCUT2D eigenvalue weighted by atomic mass is 16.5. The number of aryl methyl sites for hydroxylation is 1. The molecule has 1 fully saturated rings. The van der Waals surface area contributed by atoms with Crippen molar-refractivity contribution in [2.24, 2.45) is 5.92 Å². The van der Waals surface area contributed by atoms with Crippen molar-refractivity contribution in [3.8, 4) is 6.01 Å². The van der Waals surface area contributed by atoms with Crippen LogP contribution in [0.1, 0.15) is 69.2 Å². The third kappa shape index (κ3) is 10.1. The minimum Gasteiger partial charge on any atom is -0.460 e. The van der Waals surface area contributed by atoms with Gasteiger partial charge in [-0.15, -0.1) is 0 Å². The second-order valence-electron chi connectivity index (χ2n) is 14.8. The van der Waals surface area contributed by atoms with Crippen LogP contribution in [-0.4, -0.2) is 91.6 Å². The number of rotatable bonds is 13. The molecule has 2 aromatic heterocycles. The fraction of sp³-hybridized carbons (Fsp3) is 0.450. The van der Waals surface area contributed by atoms with Crippen LogP contribution in [0.25, 0.3) is 10.9 Å². The molecule has 1 aliphatic rings. The van der Waals surface area contributed by atoms with E-state index >= 15 is 0 Å². The maximum Gasteiger partial charge on any atom is 0.316 e. The van der Waals surface area contributed by atoms with Crippen LogP contribution >= 0.6 is 0 Å². The Morgan fingerprint density at radius 3 is 2.42 bits per heavy atom. The maximum absolute atomic E-state index is 14.2. The maximum atomic E-state index is 14.2. The molecule has 12 heteroatoms. The van der Waals surface area contributed by atoms with Crippen LogP contribution in [0.15, 0.2) is 79.0 Å². The average molecular weight is 710 g/mol. The van der Waals surface area contributed by atoms with E-state index < -0.39 is 41.6 Å². The molecule has 1 saturated heterocycles. The normalized spacial score (nSPS) is 17.9. The van der Waals surface area contributed by atoms with Crippen LogP contribution in [0.2, 0.25) is 0 Å². The molecule has 3 amide bonds. The lowest BCUT2D eigenvalue weighted by Gasteiger charge is -2.42. The van der Waals surface area contributed by atoms with Gasteiger partial charge in [-0.1, -0.05) is 68.4 Å². The van der Waals surface area contributed by atoms with Gasteiger partial charge in [0.05, 0.1) is 23.7 Å². The quantitative estimate of drug-likeness (QED) is 0.161. The molecule has 1 unspecified atom stereocenters. The van der Waals surface area contributed by atoms with Crippen molar-refractivity contribution in [3.05, 3.63) is 95.9 Å². The van der Waals surface area contributed by atoms with Crippen LogP contribution in [0, 0.1) is 12.8 Å². The molecular weight excluding hydrogens is 658 g/mol. The molecular formula is C40H51N7O5. The molecule has 52 heavy (non-hydrogen) atoms. The van der Waals surface area contributed by atoms with Gasteiger partial charge in [0.15, 0.2) is 0 Å². The number of fused-ring (bicyclic) bond motifs is 1. The Balaban J connectivity index is 1.31. The Hall–Kier alpha value is -4.94. The van der Waals surface area contributed by atoms with Crippen molar-refractivity contribution in [2.45, 2.75) is 96.7 Å². The topological polar surface area (TPSA) is 159 Å². The van der Waals surface area contributed by atoms with Crippen LogP contribution in [0.4, 0.5) is 0 Å². The van der Waals surface area contributed by atoms with Gasteiger partial charge >= 0.3 is 6.01 Å². The molecule has 4 N–H and O–H groups in total. The minimum absolute atomic E-state index is 0.0372. The van der Waals surface area contributed by atoms with Crippen molar-refractivity contribution in [2.75, 3.05) is 13.1 Å². The first kappa shape index (κ1) is 38.3. The van der Waals surface area contributed by atoms with Gasteiger partial charge in [-0.25, -0.2) is 15.0 Å². The number of pyridine rings is 1. The summed E-state index contributed by atoms with van der Waals surface area (Å²) in [7, 11) is 0. The second-order valence-corrected chi connectivity index (χ2v) is 14.8. The van der Waals surface area contributed by atoms with Crippen molar-refractivity contribution >= 4 is 28.6 Å². The van der Waals surface area contributed by atoms with Crippen molar-refractivity contribution in [3.63, 3.8) is 0 Å². The van der Waals surface area contributed by atoms with E-state index in [1.807, 2.05) is 102 Å². The van der Waals surface area contributed by atoms with Gasteiger partial charge in [-0.3, -0.25) is 14.4 Å². The Kier molecular flexibility index (Phi) is 12.6. The first-order valence-electron chi connectivity index (χ1n) is 18.0. The Morgan fingerprint density at radius 1 is 0.981 bits per heavy atom. The van der Waals surface area contributed by atoms with Crippen LogP contribution in [-0.2, 0) is 16.0 Å². The summed E-state index contributed by atoms with van der Waals surface area (Å²) < 4.78 is 6.06. The number of amides is 3. The summed E-state index contributed by atoms with van der Waals surface area (Å²) in [5.74, 6) is -1.36. The summed E-state index contributed by atoms with van der Waals surface area (Å²) in [6, 6.07) is 20.3. The van der Waals surface area contributed by atoms with Crippen molar-refractivity contribution in [1.29, 1.82) is 0 Å². The zero-order chi connectivity index (χ0) is 37.4. The number of nitrogens with one attached hydrogen (secondary N) is 3. The molecule has 0 spiro atoms. The fourth-order valence-electron chi connectivity index (χ4n) is 6.37. The largest absolute Gasteiger partial charge is 0.460 e. The molecule has 5 atom stereocenters. The number of aliphatic hydroxyl groups excluding tert-OH is 1. The monoisotopic (exact) mass is 709 g/mol. The molecule has 0 saturated carbocycles. The number of benzene rings is 2. The van der Waals surface area contributed by atoms with Gasteiger partial charge < -0.3 is 30.7 Å². The molecule has 2 aromatic carbocycles. The van der Waals surface area contributed by atoms with Gasteiger partial charge in [0, 0.05) is 35.8 Å². The molecule has 3 heterocycles. The summed E-state index contributed by atoms with van der Waals surface area (Å²) in [6.45, 7) is 11.9. The van der Waals surface area contributed by atoms with Crippen LogP contribution < -0.4 is 20.7 Å². The van der Waals surface area contributed by atoms with Gasteiger partial charge in [-0.05, 0) is 76.8 Å². The van der Waals surface area contributed by atoms with E-state index in [4.69, 9.17) is 4.74 Å². The van der Waals surface area contributed by atoms with Crippen LogP contribution in [0.3, 0.4) is 0 Å². The van der Waals surface area contributed by atoms with Gasteiger partial charge in [0.25, 0.3) is 5.91 Å². The number of piperidine rings is 1. The molecule has 276 valence electrons. The number of carbonyl (C=O) groups excluding carboxylic acids is 3. The summed E-state index contributed by atoms with van der Waals surface area (Å²) in [5.41, 5.74) is 1.92. The minimum atomic E-state index is -1.14. The number of para-hydroxylation sites is 1. The molecule has 4 aromatic rings. The number of hydrogen-bond acceptors (Lipinski definition) is 9. The van der Waals surface area contributed by atoms with E-state index in [1.54, 1.807) is 23.2 Å². The molecule has 0 radical (unpaired) electrons. The Labute approximate surface area is 305 Å². The van der Waals surface area contributed by atoms with E-state index in [-0.39, 0.29) is 36.2 Å². The van der Waals surface area contributed by atoms with E-state index in [0.29, 0.717) is 31.3 Å². The lowest BCUT2D eigenvalue weighted by molar-refractivity contribution is -0.142. The SMILES string of the molecule is Cc1ccnc(O[C@@H]2CCNC(C(=O)N(C[C@@H](O)[C@H](Cc3ccccc3)NC(=O)[C@@H](NC(=O)c3ccc4ccccc4n3)C(C)C)C(C)(C)C)C2)n1. The third-order valence-electron chi connectivity index (χ3n) is 9.30. The average Bonchev–Trinajstić information content (AvgIpc) is 3.11. The fourth-order valence-corrected chi connectivity index (χ4v) is 6.37. The molecule has 0 bridgehead atoms. The van der Waals surface area contributed by atoms with Gasteiger partial charge in [0.2, 0.25) is 11.8 Å². The number of carbonyl (C=O) groups is 3. The number of β-amino-alcohol motifs (C(OH)–C–C–N with tert-alkyl or cyclic N) is 1. The summed E-state index contributed by atoms with van der Waals surface area (Å²) in [4.78, 5) is 56.3. The predicted molar refractivity (Wildman–Crippen MR) is 200 cm³/mol. The molecule has 1 aliphatic heterocycles. The predicted octanol–water partition coefficient (Wildman–Crippen LogP) is 4.00. The lowest BCUT2D eigenvalue weighted by atomic mass is 9.95. The standard InChI is InChI=1S/C40H51N7O5/c1-25(2)35(46-36(49)31-17-16-28-14-10-11-15-30(28)44-31)37(50)45-32(22-27-12-8-7-9-13-27)34(48)24-47(40(4,5)6)38(51)33-23-29(19-21-41-33)52-39-42-20-18-26(3)43-39/h7-18,20,25,29,32-35,41,48H,19,21-24H2,1-6H3,(H,45,50)(H,46,49)/t29-,32+,33?,34-,35+/m1/s1. The van der Waals surface area contributed by atoms with E-state index in [1.165, 1.54) is 0 Å². The highest BCUT2D eigenvalue weighted by Crippen LogP contribution is 2.23. The van der Waals surface area contributed by atoms with Crippen molar-refractivity contribution in [1.82, 2.24) is 35.8 Å². The zero-order valence-electron chi connectivity index (χ0n) is 30.9. The number of hydrogen-bond donors (Lipinski definition) is 4. The number of nitrogens with zero attached hydrogens (tertiary/aromatic N) is 4. The zero-order valence-corrected chi connectivity index (χ0v) is 30.9. The summed E-state index contributed by atoms with van der Waals surface area (Å²) in [6.07, 6.45) is 1.64. The first-order valence-corrected chi connectivity index (χ1v) is 18.0. The Bertz CT molecular complexity index is 1830. The van der Waals surface area contributed by atoms with E-state index in [2.05, 4.69) is 30.9 Å². The second kappa shape index (κ2) is 17.1. The highest BCUT2D eigenvalue weighted by molar-refractivity contribution is 5.98. The first-order chi connectivity index (χ1) is 24.8. The summed E-state index contributed by atoms with van der Waals surface area (Å²) >= 11 is 0. The number of aliphatic hydroxyl groups is 1. The van der Waals surface area contributed by atoms with Crippen LogP contribution in [0.5, 0.6) is 6.01 Å². The number of aromatic nitrogens is 3. The van der Waals surface area contributed by atoms with E-state index in [0.717, 1.165) is 16.6 Å². The smallest absolute Gasteiger partial charge is 0.316 e. The third-order valence-corrected chi connectivity index (χ3v) is 9.30. The van der Waals surface area contributed by atoms with E-state index in [9.17, 15) is 19.5 Å². The number of ether oxygens (including phenoxy) is 1. The van der Waals surface area contributed by atoms with Gasteiger partial charge in [0.1, 0.15) is 17.8 Å². The molecule has 5 rings (SSSR count). The molecule has 12 nitrogen and oxygen atoms in total. The van der Waals surface area contributed by atoms with Gasteiger partial charge in [-0.2, -0.15) is 0 Å².